The molecule has 0 bridgehead atoms. The molecule has 3 N–H and O–H groups in total. The zero-order valence-electron chi connectivity index (χ0n) is 15.9. The van der Waals surface area contributed by atoms with E-state index >= 15 is 0 Å². The van der Waals surface area contributed by atoms with Crippen LogP contribution in [0.3, 0.4) is 0 Å². The quantitative estimate of drug-likeness (QED) is 0.677. The monoisotopic (exact) mass is 429 g/mol. The van der Waals surface area contributed by atoms with E-state index in [4.69, 9.17) is 5.73 Å². The molecule has 1 saturated heterocycles. The first-order valence-corrected chi connectivity index (χ1v) is 12.8. The van der Waals surface area contributed by atoms with Gasteiger partial charge in [-0.15, -0.1) is 0 Å². The van der Waals surface area contributed by atoms with Crippen molar-refractivity contribution in [1.29, 1.82) is 0 Å². The smallest absolute Gasteiger partial charge is 0.240 e. The molecule has 8 nitrogen and oxygen atoms in total. The molecule has 1 heterocycles. The number of hydrogen-bond donors (Lipinski definition) is 2. The highest BCUT2D eigenvalue weighted by atomic mass is 32.2. The van der Waals surface area contributed by atoms with Crippen molar-refractivity contribution in [2.45, 2.75) is 54.0 Å². The summed E-state index contributed by atoms with van der Waals surface area (Å²) in [5.74, 6) is -0.0872. The van der Waals surface area contributed by atoms with E-state index in [-0.39, 0.29) is 27.7 Å². The molecule has 28 heavy (non-hydrogen) atoms. The van der Waals surface area contributed by atoms with Crippen LogP contribution in [-0.4, -0.2) is 59.1 Å². The number of likely N-dealkylation sites (tertiary alicyclic amines) is 1. The minimum absolute atomic E-state index is 0.0146. The van der Waals surface area contributed by atoms with Gasteiger partial charge in [0.15, 0.2) is 9.84 Å². The average Bonchev–Trinajstić information content (AvgIpc) is 3.31. The van der Waals surface area contributed by atoms with Gasteiger partial charge in [-0.25, -0.2) is 21.6 Å². The van der Waals surface area contributed by atoms with E-state index in [1.807, 2.05) is 0 Å². The molecule has 0 spiro atoms. The van der Waals surface area contributed by atoms with Gasteiger partial charge in [-0.2, -0.15) is 0 Å². The number of carbonyl (C=O) groups excluding carboxylic acids is 1. The fourth-order valence-corrected chi connectivity index (χ4v) is 5.87. The number of hydrogen-bond acceptors (Lipinski definition) is 6. The fraction of sp³-hybridized carbons (Fsp3) is 0.611. The molecule has 10 heteroatoms. The number of rotatable bonds is 6. The first-order chi connectivity index (χ1) is 13.1. The molecule has 3 rings (SSSR count). The lowest BCUT2D eigenvalue weighted by atomic mass is 9.97. The maximum Gasteiger partial charge on any atom is 0.240 e. The predicted molar refractivity (Wildman–Crippen MR) is 105 cm³/mol. The van der Waals surface area contributed by atoms with Gasteiger partial charge in [-0.05, 0) is 62.3 Å². The topological polar surface area (TPSA) is 127 Å². The van der Waals surface area contributed by atoms with E-state index in [0.717, 1.165) is 32.2 Å². The number of nitrogens with one attached hydrogen (secondary N) is 1. The van der Waals surface area contributed by atoms with Crippen molar-refractivity contribution >= 4 is 25.8 Å². The van der Waals surface area contributed by atoms with Gasteiger partial charge in [-0.3, -0.25) is 4.79 Å². The first-order valence-electron chi connectivity index (χ1n) is 9.45. The zero-order chi connectivity index (χ0) is 20.5. The molecule has 0 aromatic heterocycles. The number of sulfone groups is 1. The molecule has 1 aromatic carbocycles. The predicted octanol–water partition coefficient (Wildman–Crippen LogP) is 0.487. The van der Waals surface area contributed by atoms with Gasteiger partial charge < -0.3 is 10.6 Å². The van der Waals surface area contributed by atoms with Gasteiger partial charge in [0.1, 0.15) is 0 Å². The SMILES string of the molecule is CS(=O)(=O)c1ccc(S(=O)(=O)N[C@@H]2CC[C@@H]([C@H](N)C(=O)N3CCCC3)C2)cc1. The van der Waals surface area contributed by atoms with Gasteiger partial charge in [0.2, 0.25) is 15.9 Å². The van der Waals surface area contributed by atoms with Gasteiger partial charge in [0, 0.05) is 25.4 Å². The minimum atomic E-state index is -3.77. The Morgan fingerprint density at radius 2 is 1.64 bits per heavy atom. The van der Waals surface area contributed by atoms with Crippen molar-refractivity contribution in [3.63, 3.8) is 0 Å². The number of amides is 1. The largest absolute Gasteiger partial charge is 0.341 e. The van der Waals surface area contributed by atoms with Crippen LogP contribution in [0.25, 0.3) is 0 Å². The van der Waals surface area contributed by atoms with Crippen LogP contribution in [0.2, 0.25) is 0 Å². The normalized spacial score (nSPS) is 24.4. The lowest BCUT2D eigenvalue weighted by Crippen LogP contribution is -2.46. The summed E-state index contributed by atoms with van der Waals surface area (Å²) in [6.45, 7) is 1.50. The number of benzene rings is 1. The van der Waals surface area contributed by atoms with E-state index in [0.29, 0.717) is 19.3 Å². The number of carbonyl (C=O) groups is 1. The van der Waals surface area contributed by atoms with Gasteiger partial charge in [0.05, 0.1) is 15.8 Å². The van der Waals surface area contributed by atoms with E-state index in [1.54, 1.807) is 4.90 Å². The van der Waals surface area contributed by atoms with E-state index in [1.165, 1.54) is 24.3 Å². The van der Waals surface area contributed by atoms with E-state index < -0.39 is 25.9 Å². The molecule has 1 aliphatic heterocycles. The third-order valence-electron chi connectivity index (χ3n) is 5.57. The lowest BCUT2D eigenvalue weighted by Gasteiger charge is -2.24. The minimum Gasteiger partial charge on any atom is -0.341 e. The molecule has 1 amide bonds. The second-order valence-corrected chi connectivity index (χ2v) is 11.4. The second-order valence-electron chi connectivity index (χ2n) is 7.69. The van der Waals surface area contributed by atoms with Crippen molar-refractivity contribution in [3.05, 3.63) is 24.3 Å². The summed E-state index contributed by atoms with van der Waals surface area (Å²) in [5.41, 5.74) is 6.17. The Balaban J connectivity index is 1.61. The molecular weight excluding hydrogens is 402 g/mol. The molecule has 2 fully saturated rings. The zero-order valence-corrected chi connectivity index (χ0v) is 17.5. The Morgan fingerprint density at radius 3 is 2.21 bits per heavy atom. The van der Waals surface area contributed by atoms with Crippen molar-refractivity contribution in [2.75, 3.05) is 19.3 Å². The van der Waals surface area contributed by atoms with Crippen LogP contribution in [0.5, 0.6) is 0 Å². The maximum absolute atomic E-state index is 12.6. The Morgan fingerprint density at radius 1 is 1.07 bits per heavy atom. The molecule has 0 unspecified atom stereocenters. The van der Waals surface area contributed by atoms with Crippen LogP contribution in [0.15, 0.2) is 34.1 Å². The van der Waals surface area contributed by atoms with Crippen molar-refractivity contribution in [1.82, 2.24) is 9.62 Å². The third kappa shape index (κ3) is 4.73. The lowest BCUT2D eigenvalue weighted by molar-refractivity contribution is -0.132. The standard InChI is InChI=1S/C18H27N3O5S2/c1-27(23,24)15-6-8-16(9-7-15)28(25,26)20-14-5-4-13(12-14)17(19)18(22)21-10-2-3-11-21/h6-9,13-14,17,20H,2-5,10-12,19H2,1H3/t13-,14-,17+/m1/s1. The Bertz CT molecular complexity index is 922. The molecule has 2 aliphatic rings. The van der Waals surface area contributed by atoms with Crippen molar-refractivity contribution in [2.24, 2.45) is 11.7 Å². The summed E-state index contributed by atoms with van der Waals surface area (Å²) in [4.78, 5) is 14.4. The Kier molecular flexibility index (Phi) is 6.14. The van der Waals surface area contributed by atoms with Gasteiger partial charge in [0.25, 0.3) is 0 Å². The summed E-state index contributed by atoms with van der Waals surface area (Å²) in [7, 11) is -7.16. The van der Waals surface area contributed by atoms with Crippen LogP contribution < -0.4 is 10.5 Å². The van der Waals surface area contributed by atoms with Crippen LogP contribution in [0.4, 0.5) is 0 Å². The fourth-order valence-electron chi connectivity index (χ4n) is 3.95. The van der Waals surface area contributed by atoms with Crippen LogP contribution in [0, 0.1) is 5.92 Å². The summed E-state index contributed by atoms with van der Waals surface area (Å²) in [6, 6.07) is 4.25. The highest BCUT2D eigenvalue weighted by Gasteiger charge is 2.36. The number of nitrogens with zero attached hydrogens (tertiary/aromatic N) is 1. The molecule has 1 aliphatic carbocycles. The summed E-state index contributed by atoms with van der Waals surface area (Å²) in [5, 5.41) is 0. The molecular formula is C18H27N3O5S2. The average molecular weight is 430 g/mol. The Hall–Kier alpha value is -1.49. The highest BCUT2D eigenvalue weighted by molar-refractivity contribution is 7.90. The van der Waals surface area contributed by atoms with Crippen molar-refractivity contribution in [3.8, 4) is 0 Å². The molecule has 156 valence electrons. The second kappa shape index (κ2) is 8.10. The van der Waals surface area contributed by atoms with E-state index in [2.05, 4.69) is 4.72 Å². The number of nitrogens with two attached hydrogens (primary N) is 1. The molecule has 3 atom stereocenters. The Labute approximate surface area is 166 Å². The summed E-state index contributed by atoms with van der Waals surface area (Å²) in [6.07, 6.45) is 4.90. The van der Waals surface area contributed by atoms with Crippen molar-refractivity contribution < 1.29 is 21.6 Å². The van der Waals surface area contributed by atoms with Crippen LogP contribution in [-0.2, 0) is 24.7 Å². The third-order valence-corrected chi connectivity index (χ3v) is 8.23. The number of sulfonamides is 1. The van der Waals surface area contributed by atoms with Crippen LogP contribution >= 0.6 is 0 Å². The van der Waals surface area contributed by atoms with Gasteiger partial charge in [-0.1, -0.05) is 0 Å². The van der Waals surface area contributed by atoms with Gasteiger partial charge >= 0.3 is 0 Å². The maximum atomic E-state index is 12.6. The molecule has 1 aromatic rings. The van der Waals surface area contributed by atoms with Crippen LogP contribution in [0.1, 0.15) is 32.1 Å². The highest BCUT2D eigenvalue weighted by Crippen LogP contribution is 2.30. The first kappa shape index (κ1) is 21.2. The molecule has 1 saturated carbocycles. The molecule has 0 radical (unpaired) electrons. The van der Waals surface area contributed by atoms with E-state index in [9.17, 15) is 21.6 Å². The summed E-state index contributed by atoms with van der Waals surface area (Å²) < 4.78 is 50.9. The summed E-state index contributed by atoms with van der Waals surface area (Å²) >= 11 is 0.